The van der Waals surface area contributed by atoms with Gasteiger partial charge in [0.25, 0.3) is 5.56 Å². The molecule has 0 radical (unpaired) electrons. The lowest BCUT2D eigenvalue weighted by Gasteiger charge is -2.06. The summed E-state index contributed by atoms with van der Waals surface area (Å²) >= 11 is 0. The number of hydrogen-bond donors (Lipinski definition) is 2. The number of carbonyl (C=O) groups is 1. The maximum Gasteiger partial charge on any atom is 0.356 e. The molecule has 1 heterocycles. The number of aromatic nitrogens is 2. The number of hydrogen-bond acceptors (Lipinski definition) is 5. The first-order valence-corrected chi connectivity index (χ1v) is 5.48. The van der Waals surface area contributed by atoms with E-state index < -0.39 is 11.5 Å². The monoisotopic (exact) mass is 240 g/mol. The quantitative estimate of drug-likeness (QED) is 0.716. The van der Waals surface area contributed by atoms with Crippen LogP contribution < -0.4 is 5.56 Å². The number of H-pyrrole nitrogens is 1. The van der Waals surface area contributed by atoms with Crippen LogP contribution in [0.3, 0.4) is 0 Å². The Balaban J connectivity index is 3.01. The molecular weight excluding hydrogens is 224 g/mol. The SMILES string of the molecule is CCOC(=O)c1[nH]c(=O)c(CCCO)nc1C. The van der Waals surface area contributed by atoms with Crippen LogP contribution in [0.25, 0.3) is 0 Å². The molecule has 0 aliphatic carbocycles. The largest absolute Gasteiger partial charge is 0.461 e. The maximum absolute atomic E-state index is 11.6. The molecule has 0 saturated heterocycles. The number of aliphatic hydroxyl groups excluding tert-OH is 1. The van der Waals surface area contributed by atoms with Gasteiger partial charge >= 0.3 is 5.97 Å². The normalized spacial score (nSPS) is 10.3. The highest BCUT2D eigenvalue weighted by Gasteiger charge is 2.14. The molecule has 0 spiro atoms. The summed E-state index contributed by atoms with van der Waals surface area (Å²) in [6.07, 6.45) is 0.851. The Bertz CT molecular complexity index is 453. The summed E-state index contributed by atoms with van der Waals surface area (Å²) in [7, 11) is 0. The number of nitrogens with zero attached hydrogens (tertiary/aromatic N) is 1. The van der Waals surface area contributed by atoms with Crippen molar-refractivity contribution in [3.8, 4) is 0 Å². The number of ether oxygens (including phenoxy) is 1. The second-order valence-corrected chi connectivity index (χ2v) is 3.52. The van der Waals surface area contributed by atoms with Gasteiger partial charge in [-0.1, -0.05) is 0 Å². The molecule has 0 atom stereocenters. The molecule has 1 aromatic heterocycles. The zero-order valence-corrected chi connectivity index (χ0v) is 9.95. The minimum absolute atomic E-state index is 0.000203. The van der Waals surface area contributed by atoms with Crippen LogP contribution in [-0.4, -0.2) is 34.3 Å². The molecule has 0 aromatic carbocycles. The predicted octanol–water partition coefficient (Wildman–Crippen LogP) is 0.180. The van der Waals surface area contributed by atoms with Crippen LogP contribution in [0.2, 0.25) is 0 Å². The van der Waals surface area contributed by atoms with Crippen LogP contribution in [0.5, 0.6) is 0 Å². The molecule has 0 amide bonds. The standard InChI is InChI=1S/C11H16N2O4/c1-3-17-11(16)9-7(2)12-8(5-4-6-14)10(15)13-9/h14H,3-6H2,1-2H3,(H,13,15). The molecule has 17 heavy (non-hydrogen) atoms. The first-order chi connectivity index (χ1) is 8.10. The number of aliphatic hydroxyl groups is 1. The lowest BCUT2D eigenvalue weighted by molar-refractivity contribution is 0.0517. The number of nitrogens with one attached hydrogen (secondary N) is 1. The third kappa shape index (κ3) is 3.39. The Morgan fingerprint density at radius 3 is 2.82 bits per heavy atom. The van der Waals surface area contributed by atoms with Gasteiger partial charge in [0.15, 0.2) is 0 Å². The van der Waals surface area contributed by atoms with Crippen molar-refractivity contribution in [2.75, 3.05) is 13.2 Å². The summed E-state index contributed by atoms with van der Waals surface area (Å²) in [5.74, 6) is -0.580. The Kier molecular flexibility index (Phi) is 4.84. The van der Waals surface area contributed by atoms with E-state index in [1.807, 2.05) is 0 Å². The van der Waals surface area contributed by atoms with Crippen molar-refractivity contribution < 1.29 is 14.6 Å². The van der Waals surface area contributed by atoms with Crippen LogP contribution in [0.4, 0.5) is 0 Å². The van der Waals surface area contributed by atoms with E-state index in [-0.39, 0.29) is 18.9 Å². The number of aryl methyl sites for hydroxylation is 2. The summed E-state index contributed by atoms with van der Waals surface area (Å²) in [4.78, 5) is 29.6. The van der Waals surface area contributed by atoms with Crippen molar-refractivity contribution in [3.05, 3.63) is 27.4 Å². The zero-order valence-electron chi connectivity index (χ0n) is 9.95. The summed E-state index contributed by atoms with van der Waals surface area (Å²) in [5, 5.41) is 8.69. The Hall–Kier alpha value is -1.69. The average molecular weight is 240 g/mol. The first-order valence-electron chi connectivity index (χ1n) is 5.48. The summed E-state index contributed by atoms with van der Waals surface area (Å²) in [5.41, 5.74) is 0.428. The molecule has 0 bridgehead atoms. The molecule has 0 fully saturated rings. The second-order valence-electron chi connectivity index (χ2n) is 3.52. The molecule has 94 valence electrons. The average Bonchev–Trinajstić information content (AvgIpc) is 2.30. The summed E-state index contributed by atoms with van der Waals surface area (Å²) in [6, 6.07) is 0. The molecule has 6 nitrogen and oxygen atoms in total. The minimum atomic E-state index is -0.580. The predicted molar refractivity (Wildman–Crippen MR) is 61.0 cm³/mol. The van der Waals surface area contributed by atoms with Crippen LogP contribution >= 0.6 is 0 Å². The third-order valence-corrected chi connectivity index (χ3v) is 2.22. The fraction of sp³-hybridized carbons (Fsp3) is 0.545. The molecule has 0 unspecified atom stereocenters. The molecule has 6 heteroatoms. The van der Waals surface area contributed by atoms with Gasteiger partial charge in [0.05, 0.1) is 12.3 Å². The van der Waals surface area contributed by atoms with Gasteiger partial charge in [-0.25, -0.2) is 9.78 Å². The summed E-state index contributed by atoms with van der Waals surface area (Å²) < 4.78 is 4.80. The van der Waals surface area contributed by atoms with Crippen molar-refractivity contribution in [2.45, 2.75) is 26.7 Å². The van der Waals surface area contributed by atoms with Crippen molar-refractivity contribution in [3.63, 3.8) is 0 Å². The number of rotatable bonds is 5. The van der Waals surface area contributed by atoms with Crippen molar-refractivity contribution >= 4 is 5.97 Å². The Morgan fingerprint density at radius 1 is 1.53 bits per heavy atom. The van der Waals surface area contributed by atoms with E-state index in [9.17, 15) is 9.59 Å². The number of carbonyl (C=O) groups excluding carboxylic acids is 1. The Labute approximate surface area is 98.7 Å². The van der Waals surface area contributed by atoms with Gasteiger partial charge in [0, 0.05) is 6.61 Å². The highest BCUT2D eigenvalue weighted by molar-refractivity contribution is 5.88. The zero-order chi connectivity index (χ0) is 12.8. The maximum atomic E-state index is 11.6. The molecule has 0 saturated carbocycles. The van der Waals surface area contributed by atoms with Gasteiger partial charge in [0.2, 0.25) is 0 Å². The number of aromatic amines is 1. The fourth-order valence-electron chi connectivity index (χ4n) is 1.40. The van der Waals surface area contributed by atoms with Gasteiger partial charge in [-0.15, -0.1) is 0 Å². The molecule has 1 rings (SSSR count). The van der Waals surface area contributed by atoms with Gasteiger partial charge in [0.1, 0.15) is 11.4 Å². The first kappa shape index (κ1) is 13.4. The molecular formula is C11H16N2O4. The second kappa shape index (κ2) is 6.15. The van der Waals surface area contributed by atoms with Crippen LogP contribution in [0.15, 0.2) is 4.79 Å². The molecule has 0 aliphatic rings. The van der Waals surface area contributed by atoms with Crippen LogP contribution in [-0.2, 0) is 11.2 Å². The van der Waals surface area contributed by atoms with E-state index >= 15 is 0 Å². The van der Waals surface area contributed by atoms with E-state index in [1.54, 1.807) is 13.8 Å². The van der Waals surface area contributed by atoms with E-state index in [1.165, 1.54) is 0 Å². The van der Waals surface area contributed by atoms with Gasteiger partial charge < -0.3 is 14.8 Å². The highest BCUT2D eigenvalue weighted by Crippen LogP contribution is 2.03. The minimum Gasteiger partial charge on any atom is -0.461 e. The van der Waals surface area contributed by atoms with Crippen molar-refractivity contribution in [2.24, 2.45) is 0 Å². The topological polar surface area (TPSA) is 92.3 Å². The van der Waals surface area contributed by atoms with Crippen LogP contribution in [0, 0.1) is 6.92 Å². The molecule has 1 aromatic rings. The highest BCUT2D eigenvalue weighted by atomic mass is 16.5. The van der Waals surface area contributed by atoms with E-state index in [0.29, 0.717) is 24.2 Å². The van der Waals surface area contributed by atoms with Crippen molar-refractivity contribution in [1.29, 1.82) is 0 Å². The van der Waals surface area contributed by atoms with E-state index in [2.05, 4.69) is 9.97 Å². The van der Waals surface area contributed by atoms with E-state index in [0.717, 1.165) is 0 Å². The van der Waals surface area contributed by atoms with Gasteiger partial charge in [-0.05, 0) is 26.7 Å². The third-order valence-electron chi connectivity index (χ3n) is 2.22. The summed E-state index contributed by atoms with van der Waals surface area (Å²) in [6.45, 7) is 3.56. The molecule has 0 aliphatic heterocycles. The number of esters is 1. The molecule has 2 N–H and O–H groups in total. The van der Waals surface area contributed by atoms with Gasteiger partial charge in [-0.3, -0.25) is 4.79 Å². The smallest absolute Gasteiger partial charge is 0.356 e. The van der Waals surface area contributed by atoms with Gasteiger partial charge in [-0.2, -0.15) is 0 Å². The lowest BCUT2D eigenvalue weighted by Crippen LogP contribution is -2.22. The van der Waals surface area contributed by atoms with E-state index in [4.69, 9.17) is 9.84 Å². The Morgan fingerprint density at radius 2 is 2.24 bits per heavy atom. The van der Waals surface area contributed by atoms with Crippen LogP contribution in [0.1, 0.15) is 35.2 Å². The lowest BCUT2D eigenvalue weighted by atomic mass is 10.2. The fourth-order valence-corrected chi connectivity index (χ4v) is 1.40. The van der Waals surface area contributed by atoms with Crippen molar-refractivity contribution in [1.82, 2.24) is 9.97 Å².